The number of ether oxygens (including phenoxy) is 1. The smallest absolute Gasteiger partial charge is 0.337 e. The summed E-state index contributed by atoms with van der Waals surface area (Å²) in [6.45, 7) is 1.35. The van der Waals surface area contributed by atoms with Crippen LogP contribution in [0.3, 0.4) is 0 Å². The number of aliphatic carboxylic acids is 1. The SMILES string of the molecule is Cn1c(=O)n(-c2ccc(C[C@H](NC(=O)c3cc(F)c(N[S+]([O-])c4ccc(-c5cnc(C6CCOCC6)nc5)cc4)cc3F)C(=O)O)cn2)c(=O)c2ccncc21. The lowest BCUT2D eigenvalue weighted by Crippen LogP contribution is -2.42. The second kappa shape index (κ2) is 16.2. The molecule has 56 heavy (non-hydrogen) atoms. The maximum absolute atomic E-state index is 15.2. The van der Waals surface area contributed by atoms with Gasteiger partial charge in [0.05, 0.1) is 22.7 Å². The van der Waals surface area contributed by atoms with E-state index in [1.54, 1.807) is 36.7 Å². The van der Waals surface area contributed by atoms with Crippen molar-refractivity contribution in [3.63, 3.8) is 0 Å². The molecule has 15 nitrogen and oxygen atoms in total. The first-order valence-electron chi connectivity index (χ1n) is 17.2. The van der Waals surface area contributed by atoms with Crippen molar-refractivity contribution in [2.75, 3.05) is 17.9 Å². The maximum atomic E-state index is 15.2. The Balaban J connectivity index is 0.997. The molecule has 1 fully saturated rings. The van der Waals surface area contributed by atoms with E-state index in [-0.39, 0.29) is 34.0 Å². The van der Waals surface area contributed by atoms with Gasteiger partial charge in [0.1, 0.15) is 40.6 Å². The van der Waals surface area contributed by atoms with Crippen molar-refractivity contribution < 1.29 is 32.8 Å². The predicted octanol–water partition coefficient (Wildman–Crippen LogP) is 3.67. The van der Waals surface area contributed by atoms with E-state index in [0.717, 1.165) is 34.4 Å². The van der Waals surface area contributed by atoms with Crippen molar-refractivity contribution in [1.29, 1.82) is 0 Å². The number of amides is 1. The summed E-state index contributed by atoms with van der Waals surface area (Å²) in [6, 6.07) is 10.3. The Morgan fingerprint density at radius 1 is 0.964 bits per heavy atom. The number of rotatable bonds is 11. The van der Waals surface area contributed by atoms with Gasteiger partial charge in [-0.2, -0.15) is 0 Å². The number of halogens is 2. The number of carboxylic acid groups (broad SMARTS) is 1. The van der Waals surface area contributed by atoms with E-state index in [2.05, 4.69) is 30.0 Å². The molecule has 2 atom stereocenters. The van der Waals surface area contributed by atoms with Crippen LogP contribution in [0.4, 0.5) is 14.5 Å². The van der Waals surface area contributed by atoms with Crippen molar-refractivity contribution in [3.05, 3.63) is 135 Å². The molecule has 1 saturated heterocycles. The summed E-state index contributed by atoms with van der Waals surface area (Å²) in [7, 11) is 1.47. The number of carboxylic acids is 1. The highest BCUT2D eigenvalue weighted by atomic mass is 32.2. The molecule has 2 aromatic carbocycles. The number of pyridine rings is 2. The monoisotopic (exact) mass is 782 g/mol. The molecule has 5 heterocycles. The van der Waals surface area contributed by atoms with Gasteiger partial charge in [-0.05, 0) is 66.4 Å². The Bertz CT molecular complexity index is 2550. The van der Waals surface area contributed by atoms with Crippen LogP contribution in [-0.4, -0.2) is 69.9 Å². The summed E-state index contributed by atoms with van der Waals surface area (Å²) in [5, 5.41) is 12.2. The van der Waals surface area contributed by atoms with Crippen LogP contribution in [0.2, 0.25) is 0 Å². The number of nitrogens with one attached hydrogen (secondary N) is 2. The number of aromatic nitrogens is 6. The Kier molecular flexibility index (Phi) is 10.9. The van der Waals surface area contributed by atoms with E-state index in [1.165, 1.54) is 48.4 Å². The molecular formula is C38H32F2N8O7S. The van der Waals surface area contributed by atoms with Gasteiger partial charge < -0.3 is 19.7 Å². The molecule has 18 heteroatoms. The van der Waals surface area contributed by atoms with E-state index in [4.69, 9.17) is 4.74 Å². The van der Waals surface area contributed by atoms with Gasteiger partial charge in [0, 0.05) is 69.0 Å². The van der Waals surface area contributed by atoms with Gasteiger partial charge in [0.15, 0.2) is 10.7 Å². The number of benzene rings is 2. The zero-order valence-electron chi connectivity index (χ0n) is 29.5. The van der Waals surface area contributed by atoms with Gasteiger partial charge in [0.2, 0.25) is 0 Å². The fourth-order valence-electron chi connectivity index (χ4n) is 6.22. The molecule has 7 rings (SSSR count). The van der Waals surface area contributed by atoms with E-state index < -0.39 is 63.4 Å². The van der Waals surface area contributed by atoms with Crippen LogP contribution < -0.4 is 21.3 Å². The Morgan fingerprint density at radius 2 is 1.70 bits per heavy atom. The maximum Gasteiger partial charge on any atom is 0.337 e. The van der Waals surface area contributed by atoms with Gasteiger partial charge in [-0.15, -0.1) is 0 Å². The third-order valence-corrected chi connectivity index (χ3v) is 10.4. The highest BCUT2D eigenvalue weighted by Gasteiger charge is 2.26. The Labute approximate surface area is 319 Å². The lowest BCUT2D eigenvalue weighted by atomic mass is 9.99. The van der Waals surface area contributed by atoms with Crippen molar-refractivity contribution in [2.24, 2.45) is 7.05 Å². The van der Waals surface area contributed by atoms with Crippen LogP contribution in [0.25, 0.3) is 27.8 Å². The van der Waals surface area contributed by atoms with Crippen LogP contribution in [0.1, 0.15) is 40.5 Å². The molecule has 0 bridgehead atoms. The van der Waals surface area contributed by atoms with Crippen molar-refractivity contribution in [1.82, 2.24) is 34.4 Å². The lowest BCUT2D eigenvalue weighted by molar-refractivity contribution is -0.139. The molecule has 0 radical (unpaired) electrons. The second-order valence-corrected chi connectivity index (χ2v) is 14.1. The van der Waals surface area contributed by atoms with Gasteiger partial charge in [0.25, 0.3) is 11.5 Å². The van der Waals surface area contributed by atoms with Gasteiger partial charge in [-0.3, -0.25) is 19.1 Å². The number of nitrogens with zero attached hydrogens (tertiary/aromatic N) is 6. The van der Waals surface area contributed by atoms with Gasteiger partial charge >= 0.3 is 11.7 Å². The molecule has 1 aliphatic heterocycles. The van der Waals surface area contributed by atoms with Crippen molar-refractivity contribution in [2.45, 2.75) is 36.1 Å². The molecule has 1 unspecified atom stereocenters. The molecule has 4 aromatic heterocycles. The van der Waals surface area contributed by atoms with Crippen LogP contribution >= 0.6 is 0 Å². The van der Waals surface area contributed by atoms with Crippen LogP contribution in [0, 0.1) is 11.6 Å². The number of carbonyl (C=O) groups is 2. The van der Waals surface area contributed by atoms with Crippen LogP contribution in [0.15, 0.2) is 100 Å². The second-order valence-electron chi connectivity index (χ2n) is 12.9. The van der Waals surface area contributed by atoms with E-state index >= 15 is 8.78 Å². The largest absolute Gasteiger partial charge is 0.588 e. The van der Waals surface area contributed by atoms with E-state index in [9.17, 15) is 28.8 Å². The molecule has 0 spiro atoms. The lowest BCUT2D eigenvalue weighted by Gasteiger charge is -2.20. The molecular weight excluding hydrogens is 751 g/mol. The third kappa shape index (κ3) is 7.88. The molecule has 286 valence electrons. The van der Waals surface area contributed by atoms with Gasteiger partial charge in [-0.1, -0.05) is 6.07 Å². The summed E-state index contributed by atoms with van der Waals surface area (Å²) in [6.07, 6.45) is 8.85. The average molecular weight is 783 g/mol. The molecule has 0 saturated carbocycles. The zero-order chi connectivity index (χ0) is 39.5. The normalized spacial score (nSPS) is 14.3. The number of hydrogen-bond donors (Lipinski definition) is 3. The summed E-state index contributed by atoms with van der Waals surface area (Å²) in [5.41, 5.74) is -0.463. The highest BCUT2D eigenvalue weighted by molar-refractivity contribution is 7.92. The Hall–Kier alpha value is -6.37. The zero-order valence-corrected chi connectivity index (χ0v) is 30.3. The van der Waals surface area contributed by atoms with Crippen molar-refractivity contribution >= 4 is 39.8 Å². The number of hydrogen-bond acceptors (Lipinski definition) is 11. The van der Waals surface area contributed by atoms with Gasteiger partial charge in [-0.25, -0.2) is 42.6 Å². The first kappa shape index (κ1) is 37.9. The molecule has 6 aromatic rings. The number of anilines is 1. The number of carbonyl (C=O) groups excluding carboxylic acids is 1. The molecule has 0 aliphatic carbocycles. The average Bonchev–Trinajstić information content (AvgIpc) is 3.22. The third-order valence-electron chi connectivity index (χ3n) is 9.32. The molecule has 1 amide bonds. The minimum absolute atomic E-state index is 0.0276. The minimum atomic E-state index is -2.03. The minimum Gasteiger partial charge on any atom is -0.588 e. The number of aryl methyl sites for hydroxylation is 1. The quantitative estimate of drug-likeness (QED) is 0.161. The van der Waals surface area contributed by atoms with Crippen molar-refractivity contribution in [3.8, 4) is 16.9 Å². The van der Waals surface area contributed by atoms with Crippen LogP contribution in [0.5, 0.6) is 0 Å². The molecule has 1 aliphatic rings. The topological polar surface area (TPSA) is 206 Å². The predicted molar refractivity (Wildman–Crippen MR) is 200 cm³/mol. The fourth-order valence-corrected chi connectivity index (χ4v) is 7.08. The summed E-state index contributed by atoms with van der Waals surface area (Å²) in [5.74, 6) is -4.03. The Morgan fingerprint density at radius 3 is 2.38 bits per heavy atom. The van der Waals surface area contributed by atoms with E-state index in [1.807, 2.05) is 0 Å². The number of fused-ring (bicyclic) bond motifs is 1. The standard InChI is InChI=1S/C38H32F2N8O7S/c1-47-32-20-41-11-8-26(32)36(50)48(38(47)53)33-7-2-21(17-42-33)14-31(37(51)52)45-35(49)27-15-29(40)30(16-28(27)39)46-56(54)25-5-3-22(4-6-25)24-18-43-34(44-19-24)23-9-12-55-13-10-23/h2-8,11,15-20,23,31,46H,9-10,12-14H2,1H3,(H,45,49)(H,51,52)/t31-,56?/m0/s1. The summed E-state index contributed by atoms with van der Waals surface area (Å²) in [4.78, 5) is 68.5. The van der Waals surface area contributed by atoms with E-state index in [0.29, 0.717) is 30.9 Å². The van der Waals surface area contributed by atoms with Crippen LogP contribution in [-0.2, 0) is 34.4 Å². The first-order chi connectivity index (χ1) is 27.0. The summed E-state index contributed by atoms with van der Waals surface area (Å²) < 4.78 is 53.3. The fraction of sp³-hybridized carbons (Fsp3) is 0.211. The summed E-state index contributed by atoms with van der Waals surface area (Å²) >= 11 is -2.03. The first-order valence-corrected chi connectivity index (χ1v) is 18.4. The highest BCUT2D eigenvalue weighted by Crippen LogP contribution is 2.27. The molecule has 3 N–H and O–H groups in total.